The third-order valence-electron chi connectivity index (χ3n) is 15.8. The molecule has 9 fully saturated rings. The summed E-state index contributed by atoms with van der Waals surface area (Å²) in [6.45, 7) is 14.1. The highest BCUT2D eigenvalue weighted by Crippen LogP contribution is 2.87. The molecule has 0 aromatic rings. The molecule has 5 aliphatic carbocycles. The summed E-state index contributed by atoms with van der Waals surface area (Å²) in [5, 5.41) is 31.6. The maximum atomic E-state index is 13.2. The van der Waals surface area contributed by atoms with Crippen LogP contribution in [0.2, 0.25) is 0 Å². The molecule has 45 heavy (non-hydrogen) atoms. The van der Waals surface area contributed by atoms with Crippen molar-refractivity contribution >= 4 is 6.09 Å². The summed E-state index contributed by atoms with van der Waals surface area (Å²) in [7, 11) is 1.00. The van der Waals surface area contributed by atoms with E-state index in [9.17, 15) is 15.0 Å². The fourth-order valence-electron chi connectivity index (χ4n) is 13.6. The highest BCUT2D eigenvalue weighted by molar-refractivity contribution is 5.68. The minimum absolute atomic E-state index is 0. The van der Waals surface area contributed by atoms with E-state index in [2.05, 4.69) is 31.0 Å². The molecule has 8 nitrogen and oxygen atoms in total. The number of carbonyl (C=O) groups excluding carboxylic acids is 1. The topological polar surface area (TPSA) is 111 Å². The van der Waals surface area contributed by atoms with Gasteiger partial charge in [0.15, 0.2) is 0 Å². The molecule has 5 saturated carbocycles. The van der Waals surface area contributed by atoms with Gasteiger partial charge in [0.25, 0.3) is 0 Å². The van der Waals surface area contributed by atoms with Gasteiger partial charge in [0, 0.05) is 26.5 Å². The van der Waals surface area contributed by atoms with Gasteiger partial charge in [-0.3, -0.25) is 0 Å². The molecule has 9 unspecified atom stereocenters. The zero-order valence-corrected chi connectivity index (χ0v) is 28.9. The maximum Gasteiger partial charge on any atom is 0.407 e. The van der Waals surface area contributed by atoms with E-state index in [0.29, 0.717) is 39.9 Å². The largest absolute Gasteiger partial charge is 0.446 e. The summed E-state index contributed by atoms with van der Waals surface area (Å²) in [5.41, 5.74) is 0.0539. The summed E-state index contributed by atoms with van der Waals surface area (Å²) < 4.78 is 13.0. The van der Waals surface area contributed by atoms with E-state index >= 15 is 0 Å². The molecule has 9 aliphatic rings. The summed E-state index contributed by atoms with van der Waals surface area (Å²) in [6.07, 6.45) is 13.2. The van der Waals surface area contributed by atoms with Crippen LogP contribution in [0.25, 0.3) is 0 Å². The second kappa shape index (κ2) is 11.0. The number of aliphatic hydroxyl groups is 3. The first-order valence-electron chi connectivity index (χ1n) is 18.5. The predicted molar refractivity (Wildman–Crippen MR) is 174 cm³/mol. The molecule has 1 amide bonds. The van der Waals surface area contributed by atoms with Crippen LogP contribution in [0, 0.1) is 51.2 Å². The molecule has 2 spiro atoms. The molecule has 0 radical (unpaired) electrons. The van der Waals surface area contributed by atoms with Crippen LogP contribution < -0.4 is 5.32 Å². The molecule has 9 rings (SSSR count). The second-order valence-corrected chi connectivity index (χ2v) is 18.2. The van der Waals surface area contributed by atoms with Crippen LogP contribution in [0.15, 0.2) is 0 Å². The van der Waals surface area contributed by atoms with Crippen molar-refractivity contribution in [3.63, 3.8) is 0 Å². The number of aliphatic hydroxyl groups excluding tert-OH is 2. The number of rotatable bonds is 4. The van der Waals surface area contributed by atoms with Gasteiger partial charge in [-0.15, -0.1) is 0 Å². The molecule has 0 aromatic heterocycles. The van der Waals surface area contributed by atoms with Crippen molar-refractivity contribution in [1.29, 1.82) is 0 Å². The Labute approximate surface area is 272 Å². The highest BCUT2D eigenvalue weighted by atomic mass is 16.6. The lowest BCUT2D eigenvalue weighted by atomic mass is 9.46. The number of carbonyl (C=O) groups is 1. The van der Waals surface area contributed by atoms with Crippen LogP contribution >= 0.6 is 0 Å². The van der Waals surface area contributed by atoms with Crippen molar-refractivity contribution in [2.75, 3.05) is 26.7 Å². The van der Waals surface area contributed by atoms with E-state index in [1.165, 1.54) is 64.5 Å². The van der Waals surface area contributed by atoms with Gasteiger partial charge in [0.2, 0.25) is 0 Å². The first-order chi connectivity index (χ1) is 21.3. The summed E-state index contributed by atoms with van der Waals surface area (Å²) in [6, 6.07) is 0.250. The van der Waals surface area contributed by atoms with Crippen molar-refractivity contribution in [2.24, 2.45) is 51.2 Å². The first-order valence-corrected chi connectivity index (χ1v) is 18.5. The molecule has 8 heteroatoms. The normalized spacial score (nSPS) is 51.1. The van der Waals surface area contributed by atoms with Gasteiger partial charge < -0.3 is 35.0 Å². The lowest BCUT2D eigenvalue weighted by molar-refractivity contribution is -0.177. The zero-order chi connectivity index (χ0) is 32.2. The third kappa shape index (κ3) is 4.80. The maximum absolute atomic E-state index is 13.2. The van der Waals surface area contributed by atoms with Crippen LogP contribution in [-0.4, -0.2) is 89.1 Å². The molecular weight excluding hydrogens is 568 g/mol. The van der Waals surface area contributed by atoms with E-state index in [1.54, 1.807) is 13.8 Å². The number of piperidine rings is 3. The molecular formula is C37H64N2O6. The average Bonchev–Trinajstić information content (AvgIpc) is 3.59. The summed E-state index contributed by atoms with van der Waals surface area (Å²) in [4.78, 5) is 15.7. The minimum atomic E-state index is -1.14. The minimum Gasteiger partial charge on any atom is -0.446 e. The van der Waals surface area contributed by atoms with Gasteiger partial charge >= 0.3 is 6.09 Å². The number of hydrogen-bond donors (Lipinski definition) is 4. The molecule has 4 aliphatic heterocycles. The number of ether oxygens (including phenoxy) is 2. The van der Waals surface area contributed by atoms with E-state index in [-0.39, 0.29) is 37.3 Å². The van der Waals surface area contributed by atoms with Gasteiger partial charge in [0.1, 0.15) is 12.2 Å². The Morgan fingerprint density at radius 1 is 0.956 bits per heavy atom. The Morgan fingerprint density at radius 2 is 1.67 bits per heavy atom. The first kappa shape index (κ1) is 32.6. The average molecular weight is 633 g/mol. The summed E-state index contributed by atoms with van der Waals surface area (Å²) >= 11 is 0. The number of fused-ring (bicyclic) bond motifs is 7. The SMILES string of the molecule is CC12CC[C@@]34CC35CC[C@H](OC(=O)NC3CN6CCC3CC6)C(C)(C)C5CCC4C1CC1OC([C@H](O)C(C)(C)O)CCC12.CO.[HH]. The van der Waals surface area contributed by atoms with Crippen molar-refractivity contribution in [2.45, 2.75) is 148 Å². The number of nitrogens with one attached hydrogen (secondary N) is 1. The fraction of sp³-hybridized carbons (Fsp3) is 0.973. The van der Waals surface area contributed by atoms with Crippen LogP contribution in [0.4, 0.5) is 4.79 Å². The van der Waals surface area contributed by atoms with Crippen molar-refractivity contribution in [3.05, 3.63) is 0 Å². The van der Waals surface area contributed by atoms with Gasteiger partial charge in [-0.05, 0) is 150 Å². The van der Waals surface area contributed by atoms with Crippen LogP contribution in [0.3, 0.4) is 0 Å². The fourth-order valence-corrected chi connectivity index (χ4v) is 13.6. The number of amides is 1. The third-order valence-corrected chi connectivity index (χ3v) is 15.8. The molecule has 0 aromatic carbocycles. The molecule has 2 bridgehead atoms. The van der Waals surface area contributed by atoms with Crippen molar-refractivity contribution in [1.82, 2.24) is 10.2 Å². The summed E-state index contributed by atoms with van der Waals surface area (Å²) in [5.74, 6) is 3.26. The molecule has 4 heterocycles. The molecule has 4 N–H and O–H groups in total. The van der Waals surface area contributed by atoms with Gasteiger partial charge in [-0.25, -0.2) is 4.79 Å². The van der Waals surface area contributed by atoms with E-state index < -0.39 is 11.7 Å². The lowest BCUT2D eigenvalue weighted by Crippen LogP contribution is -2.58. The van der Waals surface area contributed by atoms with Gasteiger partial charge in [0.05, 0.1) is 17.8 Å². The highest BCUT2D eigenvalue weighted by Gasteiger charge is 2.81. The van der Waals surface area contributed by atoms with Crippen LogP contribution in [0.1, 0.15) is 113 Å². The number of alkyl carbamates (subject to hydrolysis) is 1. The monoisotopic (exact) mass is 632 g/mol. The number of hydrogen-bond acceptors (Lipinski definition) is 7. The Morgan fingerprint density at radius 3 is 2.33 bits per heavy atom. The Hall–Kier alpha value is -0.930. The van der Waals surface area contributed by atoms with Crippen LogP contribution in [-0.2, 0) is 9.47 Å². The van der Waals surface area contributed by atoms with Gasteiger partial charge in [-0.2, -0.15) is 0 Å². The van der Waals surface area contributed by atoms with Crippen molar-refractivity contribution in [3.8, 4) is 0 Å². The van der Waals surface area contributed by atoms with E-state index in [1.807, 2.05) is 0 Å². The molecule has 12 atom stereocenters. The number of nitrogens with zero attached hydrogens (tertiary/aromatic N) is 1. The molecule has 258 valence electrons. The van der Waals surface area contributed by atoms with Crippen LogP contribution in [0.5, 0.6) is 0 Å². The Kier molecular flexibility index (Phi) is 8.00. The van der Waals surface area contributed by atoms with Crippen molar-refractivity contribution < 1.29 is 31.0 Å². The standard InChI is InChI=1S/C36H58N2O5.CH4O.H2/c1-32(2)28-9-7-22-24-18-27-23(6-8-26(42-27)30(39)33(3,4)41)34(24,5)14-15-35(22)20-36(28,35)13-10-29(32)43-31(40)37-25-19-38-16-11-21(25)12-17-38;1-2;/h21-30,39,41H,6-20H2,1-5H3,(H,37,40);2H,1H3;1H/t22?,23?,24?,25?,26?,27?,28?,29-,30-,34?,35-,36?;;/m0../s1. The second-order valence-electron chi connectivity index (χ2n) is 18.2. The lowest BCUT2D eigenvalue weighted by Gasteiger charge is -2.59. The predicted octanol–water partition coefficient (Wildman–Crippen LogP) is 5.37. The van der Waals surface area contributed by atoms with E-state index in [4.69, 9.17) is 14.6 Å². The smallest absolute Gasteiger partial charge is 0.407 e. The molecule has 4 saturated heterocycles. The van der Waals surface area contributed by atoms with E-state index in [0.717, 1.165) is 45.3 Å². The Balaban J connectivity index is 0.00000122. The Bertz CT molecular complexity index is 1140. The zero-order valence-electron chi connectivity index (χ0n) is 28.9. The quantitative estimate of drug-likeness (QED) is 0.330. The van der Waals surface area contributed by atoms with Gasteiger partial charge in [-0.1, -0.05) is 20.8 Å².